The molecule has 0 heterocycles. The van der Waals surface area contributed by atoms with Gasteiger partial charge in [-0.3, -0.25) is 0 Å². The van der Waals surface area contributed by atoms with Crippen LogP contribution >= 0.6 is 11.6 Å². The van der Waals surface area contributed by atoms with Crippen molar-refractivity contribution in [2.24, 2.45) is 0 Å². The van der Waals surface area contributed by atoms with E-state index in [-0.39, 0.29) is 36.0 Å². The van der Waals surface area contributed by atoms with E-state index >= 15 is 0 Å². The van der Waals surface area contributed by atoms with Gasteiger partial charge in [0, 0.05) is 11.5 Å². The van der Waals surface area contributed by atoms with E-state index in [1.165, 1.54) is 5.54 Å². The number of carboxylic acids is 1. The molecular weight excluding hydrogens is 187 g/mol. The molecule has 0 saturated heterocycles. The molecule has 0 aliphatic rings. The Morgan fingerprint density at radius 3 is 2.50 bits per heavy atom. The average Bonchev–Trinajstić information content (AvgIpc) is 1.96. The number of allylic oxidation sites excluding steroid dienone is 1. The third kappa shape index (κ3) is 13.1. The molecular formula is C8H12ClNaO2. The fraction of sp³-hybridized carbons (Fsp3) is 0.625. The van der Waals surface area contributed by atoms with Gasteiger partial charge in [0.05, 0.1) is 0 Å². The van der Waals surface area contributed by atoms with Crippen molar-refractivity contribution in [1.82, 2.24) is 0 Å². The zero-order valence-corrected chi connectivity index (χ0v) is 10.1. The van der Waals surface area contributed by atoms with Crippen LogP contribution in [0, 0.1) is 0 Å². The number of carboxylic acid groups (broad SMARTS) is 1. The Labute approximate surface area is 100 Å². The number of carbonyl (C=O) groups excluding carboxylic acids is 1. The minimum Gasteiger partial charge on any atom is -0.550 e. The third-order valence-electron chi connectivity index (χ3n) is 1.34. The summed E-state index contributed by atoms with van der Waals surface area (Å²) in [6.45, 7) is 0. The van der Waals surface area contributed by atoms with Gasteiger partial charge in [-0.1, -0.05) is 24.1 Å². The molecule has 0 unspecified atom stereocenters. The minimum absolute atomic E-state index is 0. The predicted octanol–water partition coefficient (Wildman–Crippen LogP) is -1.56. The number of aliphatic carboxylic acids is 1. The van der Waals surface area contributed by atoms with Crippen LogP contribution in [0.3, 0.4) is 0 Å². The van der Waals surface area contributed by atoms with E-state index in [1.807, 2.05) is 6.08 Å². The molecule has 4 heteroatoms. The molecule has 0 N–H and O–H groups in total. The van der Waals surface area contributed by atoms with Gasteiger partial charge in [0.1, 0.15) is 0 Å². The fourth-order valence-corrected chi connectivity index (χ4v) is 0.897. The molecule has 0 amide bonds. The Hall–Kier alpha value is 0.500. The number of halogens is 1. The summed E-state index contributed by atoms with van der Waals surface area (Å²) >= 11 is 5.28. The molecule has 0 aliphatic heterocycles. The second kappa shape index (κ2) is 11.5. The molecule has 0 aromatic heterocycles. The predicted molar refractivity (Wildman–Crippen MR) is 43.1 cm³/mol. The topological polar surface area (TPSA) is 40.1 Å². The van der Waals surface area contributed by atoms with Crippen LogP contribution in [0.1, 0.15) is 32.1 Å². The van der Waals surface area contributed by atoms with Crippen molar-refractivity contribution in [2.75, 3.05) is 0 Å². The van der Waals surface area contributed by atoms with Gasteiger partial charge in [0.15, 0.2) is 0 Å². The summed E-state index contributed by atoms with van der Waals surface area (Å²) in [5, 5.41) is 9.94. The van der Waals surface area contributed by atoms with Crippen molar-refractivity contribution in [2.45, 2.75) is 32.1 Å². The maximum atomic E-state index is 9.94. The van der Waals surface area contributed by atoms with E-state index in [0.717, 1.165) is 19.3 Å². The molecule has 2 nitrogen and oxygen atoms in total. The SMILES string of the molecule is O=C([O-])CCCCC/C=C/Cl.[Na+]. The number of hydrogen-bond acceptors (Lipinski definition) is 2. The summed E-state index contributed by atoms with van der Waals surface area (Å²) in [4.78, 5) is 9.94. The Balaban J connectivity index is 0. The first-order valence-corrected chi connectivity index (χ1v) is 4.16. The summed E-state index contributed by atoms with van der Waals surface area (Å²) in [6, 6.07) is 0. The first-order chi connectivity index (χ1) is 5.27. The van der Waals surface area contributed by atoms with E-state index in [2.05, 4.69) is 0 Å². The second-order valence-corrected chi connectivity index (χ2v) is 2.59. The van der Waals surface area contributed by atoms with E-state index in [4.69, 9.17) is 11.6 Å². The molecule has 0 aromatic rings. The van der Waals surface area contributed by atoms with Crippen LogP contribution in [-0.4, -0.2) is 5.97 Å². The van der Waals surface area contributed by atoms with Crippen molar-refractivity contribution in [3.05, 3.63) is 11.6 Å². The number of unbranched alkanes of at least 4 members (excludes halogenated alkanes) is 3. The van der Waals surface area contributed by atoms with Crippen LogP contribution in [0.15, 0.2) is 11.6 Å². The number of rotatable bonds is 6. The van der Waals surface area contributed by atoms with Crippen molar-refractivity contribution in [3.63, 3.8) is 0 Å². The van der Waals surface area contributed by atoms with Crippen LogP contribution in [0.2, 0.25) is 0 Å². The van der Waals surface area contributed by atoms with Crippen molar-refractivity contribution < 1.29 is 39.5 Å². The van der Waals surface area contributed by atoms with Crippen LogP contribution in [-0.2, 0) is 4.79 Å². The summed E-state index contributed by atoms with van der Waals surface area (Å²) in [5.41, 5.74) is 1.48. The average molecular weight is 199 g/mol. The molecule has 0 rings (SSSR count). The van der Waals surface area contributed by atoms with Gasteiger partial charge >= 0.3 is 29.6 Å². The second-order valence-electron chi connectivity index (χ2n) is 2.33. The van der Waals surface area contributed by atoms with Gasteiger partial charge in [-0.25, -0.2) is 0 Å². The smallest absolute Gasteiger partial charge is 0.550 e. The van der Waals surface area contributed by atoms with Gasteiger partial charge < -0.3 is 9.90 Å². The first kappa shape index (κ1) is 15.0. The fourth-order valence-electron chi connectivity index (χ4n) is 0.771. The van der Waals surface area contributed by atoms with Gasteiger partial charge in [-0.05, 0) is 25.7 Å². The molecule has 0 saturated carbocycles. The molecule has 0 aromatic carbocycles. The van der Waals surface area contributed by atoms with E-state index < -0.39 is 5.97 Å². The molecule has 0 aliphatic carbocycles. The maximum Gasteiger partial charge on any atom is 1.00 e. The summed E-state index contributed by atoms with van der Waals surface area (Å²) in [5.74, 6) is -0.960. The monoisotopic (exact) mass is 198 g/mol. The normalized spacial score (nSPS) is 9.75. The first-order valence-electron chi connectivity index (χ1n) is 3.72. The molecule has 0 bridgehead atoms. The Kier molecular flexibility index (Phi) is 14.4. The summed E-state index contributed by atoms with van der Waals surface area (Å²) in [6.07, 6.45) is 5.59. The largest absolute Gasteiger partial charge is 1.00 e. The van der Waals surface area contributed by atoms with Gasteiger partial charge in [0.2, 0.25) is 0 Å². The summed E-state index contributed by atoms with van der Waals surface area (Å²) < 4.78 is 0. The van der Waals surface area contributed by atoms with Crippen LogP contribution in [0.5, 0.6) is 0 Å². The zero-order chi connectivity index (χ0) is 8.53. The summed E-state index contributed by atoms with van der Waals surface area (Å²) in [7, 11) is 0. The van der Waals surface area contributed by atoms with Crippen LogP contribution in [0.25, 0.3) is 0 Å². The van der Waals surface area contributed by atoms with Gasteiger partial charge in [-0.2, -0.15) is 0 Å². The van der Waals surface area contributed by atoms with Gasteiger partial charge in [0.25, 0.3) is 0 Å². The number of carbonyl (C=O) groups is 1. The molecule has 0 spiro atoms. The van der Waals surface area contributed by atoms with Gasteiger partial charge in [-0.15, -0.1) is 0 Å². The Morgan fingerprint density at radius 1 is 1.33 bits per heavy atom. The zero-order valence-electron chi connectivity index (χ0n) is 7.38. The molecule has 0 radical (unpaired) electrons. The number of hydrogen-bond donors (Lipinski definition) is 0. The Morgan fingerprint density at radius 2 is 2.00 bits per heavy atom. The molecule has 64 valence electrons. The quantitative estimate of drug-likeness (QED) is 0.383. The molecule has 12 heavy (non-hydrogen) atoms. The Bertz CT molecular complexity index is 137. The standard InChI is InChI=1S/C8H13ClO2.Na/c9-7-5-3-1-2-4-6-8(10)11;/h5,7H,1-4,6H2,(H,10,11);/q;+1/p-1/b7-5+;. The van der Waals surface area contributed by atoms with Crippen molar-refractivity contribution in [3.8, 4) is 0 Å². The van der Waals surface area contributed by atoms with E-state index in [0.29, 0.717) is 6.42 Å². The third-order valence-corrected chi connectivity index (χ3v) is 1.52. The van der Waals surface area contributed by atoms with Crippen molar-refractivity contribution >= 4 is 17.6 Å². The van der Waals surface area contributed by atoms with Crippen LogP contribution in [0.4, 0.5) is 0 Å². The molecule has 0 atom stereocenters. The van der Waals surface area contributed by atoms with Crippen molar-refractivity contribution in [1.29, 1.82) is 0 Å². The minimum atomic E-state index is -0.960. The maximum absolute atomic E-state index is 9.94. The van der Waals surface area contributed by atoms with Crippen LogP contribution < -0.4 is 34.7 Å². The molecule has 0 fully saturated rings. The van der Waals surface area contributed by atoms with E-state index in [1.54, 1.807) is 0 Å². The van der Waals surface area contributed by atoms with E-state index in [9.17, 15) is 9.90 Å².